The zero-order chi connectivity index (χ0) is 14.7. The lowest BCUT2D eigenvalue weighted by Gasteiger charge is -2.37. The van der Waals surface area contributed by atoms with Gasteiger partial charge in [-0.15, -0.1) is 0 Å². The predicted molar refractivity (Wildman–Crippen MR) is 82.4 cm³/mol. The van der Waals surface area contributed by atoms with Gasteiger partial charge in [0.15, 0.2) is 0 Å². The number of nitrogens with zero attached hydrogens (tertiary/aromatic N) is 2. The molecule has 1 fully saturated rings. The number of benzene rings is 1. The van der Waals surface area contributed by atoms with Gasteiger partial charge in [-0.05, 0) is 43.9 Å². The molecule has 0 aliphatic carbocycles. The Bertz CT molecular complexity index is 495. The van der Waals surface area contributed by atoms with Crippen LogP contribution in [-0.4, -0.2) is 29.0 Å². The number of non-ortho nitro benzene ring substituents is 1. The molecule has 0 bridgehead atoms. The van der Waals surface area contributed by atoms with Crippen LogP contribution >= 0.6 is 15.9 Å². The Balaban J connectivity index is 2.14. The first-order chi connectivity index (χ1) is 9.49. The topological polar surface area (TPSA) is 72.4 Å². The number of nitrogens with two attached hydrogens (primary N) is 1. The Labute approximate surface area is 127 Å². The van der Waals surface area contributed by atoms with Crippen molar-refractivity contribution >= 4 is 21.6 Å². The van der Waals surface area contributed by atoms with E-state index in [-0.39, 0.29) is 10.6 Å². The highest BCUT2D eigenvalue weighted by molar-refractivity contribution is 9.10. The fourth-order valence-electron chi connectivity index (χ4n) is 2.74. The SMILES string of the molecule is CC1CCC(CN)CN1Cc1cc(Br)cc([N+](=O)[O-])c1. The molecule has 6 heteroatoms. The molecule has 20 heavy (non-hydrogen) atoms. The Morgan fingerprint density at radius 3 is 2.85 bits per heavy atom. The standard InChI is InChI=1S/C14H20BrN3O2/c1-10-2-3-11(7-16)8-17(10)9-12-4-13(15)6-14(5-12)18(19)20/h4-6,10-11H,2-3,7-9,16H2,1H3. The molecule has 0 amide bonds. The number of hydrogen-bond acceptors (Lipinski definition) is 4. The van der Waals surface area contributed by atoms with Crippen LogP contribution < -0.4 is 5.73 Å². The predicted octanol–water partition coefficient (Wildman–Crippen LogP) is 2.92. The minimum absolute atomic E-state index is 0.134. The molecule has 5 nitrogen and oxygen atoms in total. The first-order valence-electron chi connectivity index (χ1n) is 6.87. The van der Waals surface area contributed by atoms with E-state index in [1.165, 1.54) is 12.5 Å². The maximum Gasteiger partial charge on any atom is 0.270 e. The van der Waals surface area contributed by atoms with E-state index in [0.717, 1.165) is 29.5 Å². The number of nitro groups is 1. The highest BCUT2D eigenvalue weighted by Gasteiger charge is 2.25. The van der Waals surface area contributed by atoms with E-state index < -0.39 is 0 Å². The summed E-state index contributed by atoms with van der Waals surface area (Å²) >= 11 is 3.34. The molecular formula is C14H20BrN3O2. The fourth-order valence-corrected chi connectivity index (χ4v) is 3.27. The second-order valence-corrected chi connectivity index (χ2v) is 6.45. The quantitative estimate of drug-likeness (QED) is 0.675. The van der Waals surface area contributed by atoms with Gasteiger partial charge in [-0.1, -0.05) is 15.9 Å². The molecule has 1 aliphatic heterocycles. The minimum Gasteiger partial charge on any atom is -0.330 e. The molecule has 0 radical (unpaired) electrons. The van der Waals surface area contributed by atoms with E-state index in [9.17, 15) is 10.1 Å². The number of nitro benzene ring substituents is 1. The minimum atomic E-state index is -0.351. The third kappa shape index (κ3) is 3.77. The van der Waals surface area contributed by atoms with Crippen molar-refractivity contribution in [2.24, 2.45) is 11.7 Å². The van der Waals surface area contributed by atoms with Crippen LogP contribution in [0.15, 0.2) is 22.7 Å². The zero-order valence-electron chi connectivity index (χ0n) is 11.6. The van der Waals surface area contributed by atoms with Gasteiger partial charge in [0.05, 0.1) is 4.92 Å². The number of rotatable bonds is 4. The molecule has 1 heterocycles. The summed E-state index contributed by atoms with van der Waals surface area (Å²) in [5.41, 5.74) is 6.87. The Morgan fingerprint density at radius 2 is 2.20 bits per heavy atom. The molecule has 1 aromatic rings. The number of hydrogen-bond donors (Lipinski definition) is 1. The molecular weight excluding hydrogens is 322 g/mol. The summed E-state index contributed by atoms with van der Waals surface area (Å²) in [6, 6.07) is 5.64. The molecule has 1 aromatic carbocycles. The van der Waals surface area contributed by atoms with Crippen molar-refractivity contribution < 1.29 is 4.92 Å². The van der Waals surface area contributed by atoms with Gasteiger partial charge in [0.2, 0.25) is 0 Å². The molecule has 1 aliphatic rings. The van der Waals surface area contributed by atoms with E-state index in [2.05, 4.69) is 27.8 Å². The summed E-state index contributed by atoms with van der Waals surface area (Å²) in [7, 11) is 0. The van der Waals surface area contributed by atoms with Crippen LogP contribution in [0.2, 0.25) is 0 Å². The second-order valence-electron chi connectivity index (χ2n) is 5.53. The van der Waals surface area contributed by atoms with Gasteiger partial charge < -0.3 is 5.73 Å². The highest BCUT2D eigenvalue weighted by Crippen LogP contribution is 2.26. The molecule has 1 saturated heterocycles. The van der Waals surface area contributed by atoms with Crippen LogP contribution in [0.25, 0.3) is 0 Å². The molecule has 2 N–H and O–H groups in total. The van der Waals surface area contributed by atoms with Gasteiger partial charge in [-0.25, -0.2) is 0 Å². The Kier molecular flexibility index (Phi) is 5.12. The lowest BCUT2D eigenvalue weighted by atomic mass is 9.93. The smallest absolute Gasteiger partial charge is 0.270 e. The fraction of sp³-hybridized carbons (Fsp3) is 0.571. The first-order valence-corrected chi connectivity index (χ1v) is 7.67. The maximum atomic E-state index is 10.9. The molecule has 2 rings (SSSR count). The summed E-state index contributed by atoms with van der Waals surface area (Å²) in [6.07, 6.45) is 2.31. The van der Waals surface area contributed by atoms with Crippen LogP contribution in [-0.2, 0) is 6.54 Å². The van der Waals surface area contributed by atoms with Crippen molar-refractivity contribution in [3.8, 4) is 0 Å². The largest absolute Gasteiger partial charge is 0.330 e. The van der Waals surface area contributed by atoms with Crippen molar-refractivity contribution in [3.05, 3.63) is 38.3 Å². The summed E-state index contributed by atoms with van der Waals surface area (Å²) < 4.78 is 0.752. The maximum absolute atomic E-state index is 10.9. The Morgan fingerprint density at radius 1 is 1.45 bits per heavy atom. The Hall–Kier alpha value is -0.980. The van der Waals surface area contributed by atoms with E-state index >= 15 is 0 Å². The van der Waals surface area contributed by atoms with Crippen molar-refractivity contribution in [1.29, 1.82) is 0 Å². The van der Waals surface area contributed by atoms with Crippen LogP contribution in [0, 0.1) is 16.0 Å². The van der Waals surface area contributed by atoms with Crippen LogP contribution in [0.4, 0.5) is 5.69 Å². The van der Waals surface area contributed by atoms with Crippen LogP contribution in [0.5, 0.6) is 0 Å². The van der Waals surface area contributed by atoms with Crippen LogP contribution in [0.1, 0.15) is 25.3 Å². The molecule has 0 aromatic heterocycles. The third-order valence-electron chi connectivity index (χ3n) is 3.98. The van der Waals surface area contributed by atoms with E-state index in [1.54, 1.807) is 6.07 Å². The lowest BCUT2D eigenvalue weighted by molar-refractivity contribution is -0.385. The average Bonchev–Trinajstić information content (AvgIpc) is 2.40. The summed E-state index contributed by atoms with van der Waals surface area (Å²) in [4.78, 5) is 12.9. The van der Waals surface area contributed by atoms with Crippen molar-refractivity contribution in [2.45, 2.75) is 32.4 Å². The third-order valence-corrected chi connectivity index (χ3v) is 4.44. The van der Waals surface area contributed by atoms with Gasteiger partial charge in [-0.3, -0.25) is 15.0 Å². The van der Waals surface area contributed by atoms with Gasteiger partial charge in [-0.2, -0.15) is 0 Å². The molecule has 2 atom stereocenters. The van der Waals surface area contributed by atoms with E-state index in [4.69, 9.17) is 5.73 Å². The van der Waals surface area contributed by atoms with E-state index in [1.807, 2.05) is 6.07 Å². The number of piperidine rings is 1. The number of halogens is 1. The summed E-state index contributed by atoms with van der Waals surface area (Å²) in [5, 5.41) is 10.9. The van der Waals surface area contributed by atoms with Gasteiger partial charge >= 0.3 is 0 Å². The van der Waals surface area contributed by atoms with Crippen molar-refractivity contribution in [1.82, 2.24) is 4.90 Å². The second kappa shape index (κ2) is 6.65. The van der Waals surface area contributed by atoms with Crippen molar-refractivity contribution in [3.63, 3.8) is 0 Å². The van der Waals surface area contributed by atoms with Crippen LogP contribution in [0.3, 0.4) is 0 Å². The van der Waals surface area contributed by atoms with E-state index in [0.29, 0.717) is 18.5 Å². The summed E-state index contributed by atoms with van der Waals surface area (Å²) in [6.45, 7) is 4.62. The molecule has 110 valence electrons. The normalized spacial score (nSPS) is 23.8. The average molecular weight is 342 g/mol. The van der Waals surface area contributed by atoms with Crippen molar-refractivity contribution in [2.75, 3.05) is 13.1 Å². The molecule has 0 spiro atoms. The summed E-state index contributed by atoms with van der Waals surface area (Å²) in [5.74, 6) is 0.535. The highest BCUT2D eigenvalue weighted by atomic mass is 79.9. The molecule has 0 saturated carbocycles. The zero-order valence-corrected chi connectivity index (χ0v) is 13.2. The monoisotopic (exact) mass is 341 g/mol. The first kappa shape index (κ1) is 15.4. The van der Waals surface area contributed by atoms with Gasteiger partial charge in [0, 0.05) is 35.7 Å². The number of likely N-dealkylation sites (tertiary alicyclic amines) is 1. The van der Waals surface area contributed by atoms with Gasteiger partial charge in [0.25, 0.3) is 5.69 Å². The van der Waals surface area contributed by atoms with Gasteiger partial charge in [0.1, 0.15) is 0 Å². The molecule has 2 unspecified atom stereocenters. The lowest BCUT2D eigenvalue weighted by Crippen LogP contribution is -2.43.